The summed E-state index contributed by atoms with van der Waals surface area (Å²) in [5, 5.41) is 0. The molecule has 0 bridgehead atoms. The zero-order valence-electron chi connectivity index (χ0n) is 11.9. The molecule has 1 rings (SSSR count). The molecule has 0 amide bonds. The van der Waals surface area contributed by atoms with Crippen molar-refractivity contribution in [3.8, 4) is 0 Å². The summed E-state index contributed by atoms with van der Waals surface area (Å²) < 4.78 is 0. The van der Waals surface area contributed by atoms with Crippen molar-refractivity contribution in [1.82, 2.24) is 0 Å². The summed E-state index contributed by atoms with van der Waals surface area (Å²) in [6.45, 7) is 17.0. The Kier molecular flexibility index (Phi) is 3.58. The van der Waals surface area contributed by atoms with Crippen LogP contribution >= 0.6 is 0 Å². The lowest BCUT2D eigenvalue weighted by atomic mass is 9.63. The van der Waals surface area contributed by atoms with Gasteiger partial charge in [-0.2, -0.15) is 0 Å². The fraction of sp³-hybridized carbons (Fsp3) is 1.00. The van der Waals surface area contributed by atoms with Crippen molar-refractivity contribution in [2.45, 2.75) is 67.7 Å². The Morgan fingerprint density at radius 3 is 2.00 bits per heavy atom. The van der Waals surface area contributed by atoms with Crippen LogP contribution in [0.25, 0.3) is 0 Å². The van der Waals surface area contributed by atoms with Gasteiger partial charge < -0.3 is 0 Å². The third-order valence-corrected chi connectivity index (χ3v) is 5.69. The fourth-order valence-corrected chi connectivity index (χ4v) is 3.39. The summed E-state index contributed by atoms with van der Waals surface area (Å²) in [7, 11) is 0. The molecule has 15 heavy (non-hydrogen) atoms. The van der Waals surface area contributed by atoms with Crippen LogP contribution in [0.5, 0.6) is 0 Å². The summed E-state index contributed by atoms with van der Waals surface area (Å²) in [6.07, 6.45) is 4.26. The van der Waals surface area contributed by atoms with Gasteiger partial charge in [0.2, 0.25) is 0 Å². The monoisotopic (exact) mass is 210 g/mol. The second-order valence-electron chi connectivity index (χ2n) is 6.79. The van der Waals surface area contributed by atoms with Gasteiger partial charge in [0.15, 0.2) is 0 Å². The SMILES string of the molecule is CCCC1(C(C)C(C)(C)C(C)C)CC1C. The van der Waals surface area contributed by atoms with Gasteiger partial charge in [-0.05, 0) is 41.4 Å². The summed E-state index contributed by atoms with van der Waals surface area (Å²) in [6, 6.07) is 0. The van der Waals surface area contributed by atoms with Crippen LogP contribution in [0.15, 0.2) is 0 Å². The summed E-state index contributed by atoms with van der Waals surface area (Å²) in [4.78, 5) is 0. The average Bonchev–Trinajstić information content (AvgIpc) is 2.77. The maximum absolute atomic E-state index is 2.50. The molecule has 0 saturated heterocycles. The van der Waals surface area contributed by atoms with Crippen LogP contribution < -0.4 is 0 Å². The number of hydrogen-bond donors (Lipinski definition) is 0. The normalized spacial score (nSPS) is 33.2. The molecule has 0 aromatic carbocycles. The largest absolute Gasteiger partial charge is 0.0654 e. The molecule has 0 aromatic heterocycles. The predicted octanol–water partition coefficient (Wildman–Crippen LogP) is 5.13. The molecule has 1 saturated carbocycles. The van der Waals surface area contributed by atoms with Crippen molar-refractivity contribution in [1.29, 1.82) is 0 Å². The Morgan fingerprint density at radius 1 is 1.27 bits per heavy atom. The fourth-order valence-electron chi connectivity index (χ4n) is 3.39. The molecule has 0 aliphatic heterocycles. The van der Waals surface area contributed by atoms with E-state index in [1.165, 1.54) is 19.3 Å². The van der Waals surface area contributed by atoms with Crippen LogP contribution in [0.4, 0.5) is 0 Å². The van der Waals surface area contributed by atoms with Gasteiger partial charge in [0.05, 0.1) is 0 Å². The van der Waals surface area contributed by atoms with Gasteiger partial charge in [-0.25, -0.2) is 0 Å². The summed E-state index contributed by atoms with van der Waals surface area (Å²) in [5.41, 5.74) is 1.17. The van der Waals surface area contributed by atoms with E-state index in [1.807, 2.05) is 0 Å². The molecule has 0 N–H and O–H groups in total. The maximum atomic E-state index is 2.50. The van der Waals surface area contributed by atoms with E-state index in [0.29, 0.717) is 10.8 Å². The lowest BCUT2D eigenvalue weighted by Crippen LogP contribution is -2.34. The molecule has 3 atom stereocenters. The quantitative estimate of drug-likeness (QED) is 0.590. The Labute approximate surface area is 96.8 Å². The summed E-state index contributed by atoms with van der Waals surface area (Å²) in [5.74, 6) is 2.61. The van der Waals surface area contributed by atoms with Crippen LogP contribution in [0, 0.1) is 28.6 Å². The molecule has 90 valence electrons. The van der Waals surface area contributed by atoms with E-state index < -0.39 is 0 Å². The molecule has 0 heteroatoms. The van der Waals surface area contributed by atoms with E-state index in [2.05, 4.69) is 48.5 Å². The van der Waals surface area contributed by atoms with E-state index in [1.54, 1.807) is 0 Å². The van der Waals surface area contributed by atoms with Gasteiger partial charge >= 0.3 is 0 Å². The molecule has 0 spiro atoms. The first kappa shape index (κ1) is 13.1. The van der Waals surface area contributed by atoms with Crippen LogP contribution in [-0.4, -0.2) is 0 Å². The third kappa shape index (κ3) is 2.10. The van der Waals surface area contributed by atoms with E-state index in [4.69, 9.17) is 0 Å². The molecule has 3 unspecified atom stereocenters. The number of hydrogen-bond acceptors (Lipinski definition) is 0. The van der Waals surface area contributed by atoms with Crippen molar-refractivity contribution in [2.24, 2.45) is 28.6 Å². The Bertz CT molecular complexity index is 214. The first-order valence-corrected chi connectivity index (χ1v) is 6.79. The van der Waals surface area contributed by atoms with Crippen molar-refractivity contribution >= 4 is 0 Å². The van der Waals surface area contributed by atoms with E-state index in [9.17, 15) is 0 Å². The minimum absolute atomic E-state index is 0.486. The van der Waals surface area contributed by atoms with Gasteiger partial charge in [0, 0.05) is 0 Å². The lowest BCUT2D eigenvalue weighted by molar-refractivity contribution is 0.0725. The molecule has 1 aliphatic rings. The van der Waals surface area contributed by atoms with Crippen molar-refractivity contribution in [3.63, 3.8) is 0 Å². The molecule has 0 aromatic rings. The molecule has 1 fully saturated rings. The lowest BCUT2D eigenvalue weighted by Gasteiger charge is -2.41. The zero-order chi connectivity index (χ0) is 11.9. The highest BCUT2D eigenvalue weighted by Gasteiger charge is 2.57. The third-order valence-electron chi connectivity index (χ3n) is 5.69. The van der Waals surface area contributed by atoms with E-state index in [-0.39, 0.29) is 0 Å². The minimum Gasteiger partial charge on any atom is -0.0654 e. The standard InChI is InChI=1S/C15H30/c1-8-9-15(10-12(15)4)13(5)14(6,7)11(2)3/h11-13H,8-10H2,1-7H3. The highest BCUT2D eigenvalue weighted by Crippen LogP contribution is 2.65. The van der Waals surface area contributed by atoms with Crippen LogP contribution in [0.3, 0.4) is 0 Å². The first-order valence-electron chi connectivity index (χ1n) is 6.79. The molecular weight excluding hydrogens is 180 g/mol. The Hall–Kier alpha value is 0. The molecular formula is C15H30. The zero-order valence-corrected chi connectivity index (χ0v) is 11.9. The van der Waals surface area contributed by atoms with Gasteiger partial charge in [0.1, 0.15) is 0 Å². The first-order chi connectivity index (χ1) is 6.79. The van der Waals surface area contributed by atoms with Crippen LogP contribution in [0.1, 0.15) is 67.7 Å². The highest BCUT2D eigenvalue weighted by atomic mass is 14.6. The van der Waals surface area contributed by atoms with E-state index in [0.717, 1.165) is 17.8 Å². The molecule has 0 heterocycles. The summed E-state index contributed by atoms with van der Waals surface area (Å²) >= 11 is 0. The maximum Gasteiger partial charge on any atom is -0.0238 e. The van der Waals surface area contributed by atoms with Crippen LogP contribution in [0.2, 0.25) is 0 Å². The van der Waals surface area contributed by atoms with Crippen molar-refractivity contribution in [2.75, 3.05) is 0 Å². The topological polar surface area (TPSA) is 0 Å². The minimum atomic E-state index is 0.486. The average molecular weight is 210 g/mol. The van der Waals surface area contributed by atoms with Gasteiger partial charge in [-0.3, -0.25) is 0 Å². The second-order valence-corrected chi connectivity index (χ2v) is 6.79. The Morgan fingerprint density at radius 2 is 1.73 bits per heavy atom. The molecule has 0 nitrogen and oxygen atoms in total. The van der Waals surface area contributed by atoms with Gasteiger partial charge in [0.25, 0.3) is 0 Å². The van der Waals surface area contributed by atoms with Crippen molar-refractivity contribution < 1.29 is 0 Å². The van der Waals surface area contributed by atoms with Crippen LogP contribution in [-0.2, 0) is 0 Å². The number of rotatable bonds is 5. The second kappa shape index (κ2) is 4.11. The Balaban J connectivity index is 2.79. The highest BCUT2D eigenvalue weighted by molar-refractivity contribution is 5.06. The molecule has 1 aliphatic carbocycles. The molecule has 0 radical (unpaired) electrons. The van der Waals surface area contributed by atoms with Crippen molar-refractivity contribution in [3.05, 3.63) is 0 Å². The smallest absolute Gasteiger partial charge is 0.0238 e. The predicted molar refractivity (Wildman–Crippen MR) is 68.9 cm³/mol. The van der Waals surface area contributed by atoms with Gasteiger partial charge in [-0.15, -0.1) is 0 Å². The van der Waals surface area contributed by atoms with Gasteiger partial charge in [-0.1, -0.05) is 54.9 Å². The van der Waals surface area contributed by atoms with E-state index >= 15 is 0 Å².